The van der Waals surface area contributed by atoms with Crippen molar-refractivity contribution in [2.24, 2.45) is 0 Å². The van der Waals surface area contributed by atoms with E-state index in [0.717, 1.165) is 6.42 Å². The molecule has 0 spiro atoms. The van der Waals surface area contributed by atoms with E-state index in [4.69, 9.17) is 4.55 Å². The summed E-state index contributed by atoms with van der Waals surface area (Å²) in [6.45, 7) is 1.86. The van der Waals surface area contributed by atoms with E-state index in [0.29, 0.717) is 6.42 Å². The molecule has 6 nitrogen and oxygen atoms in total. The van der Waals surface area contributed by atoms with E-state index in [-0.39, 0.29) is 12.6 Å². The molecular formula is C5H15NO5S2. The summed E-state index contributed by atoms with van der Waals surface area (Å²) in [6, 6.07) is 0. The SMILES string of the molecule is CCCCCS(=O)(=O)S(=O)(=O)O.N. The highest BCUT2D eigenvalue weighted by Crippen LogP contribution is 2.05. The van der Waals surface area contributed by atoms with Crippen LogP contribution in [0.5, 0.6) is 0 Å². The van der Waals surface area contributed by atoms with Crippen LogP contribution in [0.25, 0.3) is 0 Å². The van der Waals surface area contributed by atoms with Crippen LogP contribution in [0.15, 0.2) is 0 Å². The molecule has 0 aliphatic heterocycles. The largest absolute Gasteiger partial charge is 0.372 e. The van der Waals surface area contributed by atoms with Gasteiger partial charge in [-0.25, -0.2) is 8.42 Å². The molecule has 0 saturated heterocycles. The monoisotopic (exact) mass is 233 g/mol. The van der Waals surface area contributed by atoms with Crippen LogP contribution in [0.1, 0.15) is 26.2 Å². The van der Waals surface area contributed by atoms with Crippen LogP contribution in [0.2, 0.25) is 0 Å². The molecule has 0 unspecified atom stereocenters. The Balaban J connectivity index is 0. The Bertz CT molecular complexity index is 317. The smallest absolute Gasteiger partial charge is 0.344 e. The van der Waals surface area contributed by atoms with Gasteiger partial charge < -0.3 is 6.15 Å². The molecule has 0 fully saturated rings. The highest BCUT2D eigenvalue weighted by atomic mass is 33.2. The molecule has 0 radical (unpaired) electrons. The van der Waals surface area contributed by atoms with E-state index < -0.39 is 23.8 Å². The molecule has 0 bridgehead atoms. The van der Waals surface area contributed by atoms with Crippen LogP contribution >= 0.6 is 0 Å². The lowest BCUT2D eigenvalue weighted by atomic mass is 10.3. The van der Waals surface area contributed by atoms with E-state index in [2.05, 4.69) is 0 Å². The second-order valence-electron chi connectivity index (χ2n) is 2.40. The van der Waals surface area contributed by atoms with Crippen LogP contribution in [0.3, 0.4) is 0 Å². The molecule has 13 heavy (non-hydrogen) atoms. The van der Waals surface area contributed by atoms with Crippen molar-refractivity contribution in [3.05, 3.63) is 0 Å². The van der Waals surface area contributed by atoms with Crippen molar-refractivity contribution in [2.45, 2.75) is 26.2 Å². The van der Waals surface area contributed by atoms with E-state index in [1.54, 1.807) is 0 Å². The van der Waals surface area contributed by atoms with Gasteiger partial charge in [-0.2, -0.15) is 8.42 Å². The fraction of sp³-hybridized carbons (Fsp3) is 1.00. The molecule has 0 aromatic carbocycles. The zero-order chi connectivity index (χ0) is 9.83. The van der Waals surface area contributed by atoms with E-state index >= 15 is 0 Å². The van der Waals surface area contributed by atoms with Crippen molar-refractivity contribution in [3.8, 4) is 0 Å². The van der Waals surface area contributed by atoms with E-state index in [1.165, 1.54) is 0 Å². The van der Waals surface area contributed by atoms with Gasteiger partial charge in [-0.15, -0.1) is 0 Å². The molecule has 82 valence electrons. The summed E-state index contributed by atoms with van der Waals surface area (Å²) in [4.78, 5) is 0. The second-order valence-corrected chi connectivity index (χ2v) is 7.56. The Kier molecular flexibility index (Phi) is 6.51. The summed E-state index contributed by atoms with van der Waals surface area (Å²) in [5.74, 6) is -0.500. The number of hydrogen-bond donors (Lipinski definition) is 2. The average Bonchev–Trinajstić information content (AvgIpc) is 1.85. The normalized spacial score (nSPS) is 12.2. The third-order valence-electron chi connectivity index (χ3n) is 1.32. The van der Waals surface area contributed by atoms with Gasteiger partial charge in [0, 0.05) is 0 Å². The van der Waals surface area contributed by atoms with Gasteiger partial charge >= 0.3 is 9.15 Å². The fourth-order valence-corrected chi connectivity index (χ4v) is 2.39. The van der Waals surface area contributed by atoms with Crippen molar-refractivity contribution >= 4 is 18.0 Å². The lowest BCUT2D eigenvalue weighted by molar-refractivity contribution is 0.492. The molecule has 0 atom stereocenters. The van der Waals surface area contributed by atoms with Crippen LogP contribution in [0.4, 0.5) is 0 Å². The first-order valence-electron chi connectivity index (χ1n) is 3.51. The molecule has 0 saturated carbocycles. The highest BCUT2D eigenvalue weighted by molar-refractivity contribution is 8.64. The van der Waals surface area contributed by atoms with Gasteiger partial charge in [0.25, 0.3) is 8.87 Å². The maximum atomic E-state index is 10.7. The highest BCUT2D eigenvalue weighted by Gasteiger charge is 2.25. The van der Waals surface area contributed by atoms with Crippen molar-refractivity contribution in [1.82, 2.24) is 6.15 Å². The first-order chi connectivity index (χ1) is 5.31. The molecule has 0 rings (SSSR count). The molecule has 0 aliphatic rings. The number of unbranched alkanes of at least 4 members (excludes halogenated alkanes) is 2. The predicted molar refractivity (Wildman–Crippen MR) is 49.9 cm³/mol. The minimum absolute atomic E-state index is 0. The van der Waals surface area contributed by atoms with Gasteiger partial charge in [-0.3, -0.25) is 4.55 Å². The summed E-state index contributed by atoms with van der Waals surface area (Å²) in [5, 5.41) is 0. The van der Waals surface area contributed by atoms with Crippen LogP contribution in [-0.2, 0) is 18.0 Å². The summed E-state index contributed by atoms with van der Waals surface area (Å²) in [5.41, 5.74) is 0. The minimum atomic E-state index is -4.91. The van der Waals surface area contributed by atoms with E-state index in [1.807, 2.05) is 6.92 Å². The minimum Gasteiger partial charge on any atom is -0.344 e. The third kappa shape index (κ3) is 5.19. The van der Waals surface area contributed by atoms with Gasteiger partial charge in [0.2, 0.25) is 0 Å². The molecule has 0 aromatic heterocycles. The molecule has 4 N–H and O–H groups in total. The van der Waals surface area contributed by atoms with Gasteiger partial charge in [-0.1, -0.05) is 19.8 Å². The standard InChI is InChI=1S/C5H12O5S2.H3N/c1-2-3-4-5-11(6,7)12(8,9)10;/h2-5H2,1H3,(H,8,9,10);1H3. The Labute approximate surface area is 78.0 Å². The zero-order valence-electron chi connectivity index (χ0n) is 7.43. The third-order valence-corrected chi connectivity index (χ3v) is 5.17. The summed E-state index contributed by atoms with van der Waals surface area (Å²) >= 11 is 0. The maximum Gasteiger partial charge on any atom is 0.372 e. The number of rotatable bonds is 5. The average molecular weight is 233 g/mol. The second kappa shape index (κ2) is 5.53. The van der Waals surface area contributed by atoms with Crippen LogP contribution in [0, 0.1) is 0 Å². The lowest BCUT2D eigenvalue weighted by Gasteiger charge is -1.98. The maximum absolute atomic E-state index is 10.7. The summed E-state index contributed by atoms with van der Waals surface area (Å²) < 4.78 is 50.0. The Morgan fingerprint density at radius 3 is 1.85 bits per heavy atom. The fourth-order valence-electron chi connectivity index (χ4n) is 0.634. The molecule has 0 heterocycles. The molecular weight excluding hydrogens is 218 g/mol. The Morgan fingerprint density at radius 2 is 1.54 bits per heavy atom. The van der Waals surface area contributed by atoms with Gasteiger partial charge in [0.05, 0.1) is 5.75 Å². The first kappa shape index (κ1) is 15.3. The van der Waals surface area contributed by atoms with Crippen LogP contribution in [-0.4, -0.2) is 27.1 Å². The quantitative estimate of drug-likeness (QED) is 0.406. The lowest BCUT2D eigenvalue weighted by Crippen LogP contribution is -2.17. The Hall–Kier alpha value is -0.180. The molecule has 8 heteroatoms. The zero-order valence-corrected chi connectivity index (χ0v) is 9.07. The van der Waals surface area contributed by atoms with Gasteiger partial charge in [0.1, 0.15) is 0 Å². The van der Waals surface area contributed by atoms with Gasteiger partial charge in [0.15, 0.2) is 0 Å². The van der Waals surface area contributed by atoms with E-state index in [9.17, 15) is 16.8 Å². The first-order valence-corrected chi connectivity index (χ1v) is 7.12. The van der Waals surface area contributed by atoms with Gasteiger partial charge in [-0.05, 0) is 6.42 Å². The molecule has 0 amide bonds. The van der Waals surface area contributed by atoms with Crippen molar-refractivity contribution in [2.75, 3.05) is 5.75 Å². The predicted octanol–water partition coefficient (Wildman–Crippen LogP) is 0.556. The molecule has 0 aromatic rings. The summed E-state index contributed by atoms with van der Waals surface area (Å²) in [6.07, 6.45) is 1.69. The van der Waals surface area contributed by atoms with Crippen molar-refractivity contribution in [3.63, 3.8) is 0 Å². The topological polar surface area (TPSA) is 124 Å². The van der Waals surface area contributed by atoms with Crippen molar-refractivity contribution < 1.29 is 21.4 Å². The van der Waals surface area contributed by atoms with Crippen molar-refractivity contribution in [1.29, 1.82) is 0 Å². The summed E-state index contributed by atoms with van der Waals surface area (Å²) in [7, 11) is -9.25. The van der Waals surface area contributed by atoms with Crippen LogP contribution < -0.4 is 6.15 Å². The molecule has 0 aliphatic carbocycles. The number of hydrogen-bond acceptors (Lipinski definition) is 5. The Morgan fingerprint density at radius 1 is 1.08 bits per heavy atom.